The van der Waals surface area contributed by atoms with Crippen LogP contribution < -0.4 is 10.3 Å². The summed E-state index contributed by atoms with van der Waals surface area (Å²) in [5.74, 6) is -2.53. The number of nitrogens with zero attached hydrogens (tertiary/aromatic N) is 2. The Bertz CT molecular complexity index is 943. The predicted molar refractivity (Wildman–Crippen MR) is 81.8 cm³/mol. The molecule has 1 heterocycles. The lowest BCUT2D eigenvalue weighted by Crippen LogP contribution is -2.55. The summed E-state index contributed by atoms with van der Waals surface area (Å²) in [7, 11) is -4.41. The predicted octanol–water partition coefficient (Wildman–Crippen LogP) is -0.746. The third-order valence-corrected chi connectivity index (χ3v) is 5.25. The van der Waals surface area contributed by atoms with E-state index in [9.17, 15) is 27.9 Å². The first kappa shape index (κ1) is 18.4. The van der Waals surface area contributed by atoms with Crippen LogP contribution in [0.1, 0.15) is 12.5 Å². The zero-order chi connectivity index (χ0) is 18.8. The van der Waals surface area contributed by atoms with Crippen LogP contribution in [0.5, 0.6) is 0 Å². The first-order valence-electron chi connectivity index (χ1n) is 7.05. The van der Waals surface area contributed by atoms with E-state index in [1.165, 1.54) is 24.3 Å². The van der Waals surface area contributed by atoms with E-state index in [0.717, 1.165) is 23.4 Å². The van der Waals surface area contributed by atoms with Gasteiger partial charge in [0.1, 0.15) is 0 Å². The second-order valence-corrected chi connectivity index (χ2v) is 7.10. The number of amides is 1. The van der Waals surface area contributed by atoms with E-state index >= 15 is 0 Å². The van der Waals surface area contributed by atoms with Gasteiger partial charge in [-0.05, 0) is 24.3 Å². The standard InChI is InChI=1S/C14H15N3O7S/c1-9-3-5-11(6-4-9)25(22,23)17(10(2)18)12(14(20)21)7-16-8-13(19)24-15-16/h3-6,8,12H,7H2,1-2H3,(H-,15,19,20,21)/p+1/t12-/m0/s1. The summed E-state index contributed by atoms with van der Waals surface area (Å²) in [4.78, 5) is 34.4. The Hall–Kier alpha value is -2.95. The van der Waals surface area contributed by atoms with Gasteiger partial charge >= 0.3 is 11.6 Å². The molecule has 10 nitrogen and oxygen atoms in total. The largest absolute Gasteiger partial charge is 0.479 e. The van der Waals surface area contributed by atoms with E-state index in [-0.39, 0.29) is 9.20 Å². The van der Waals surface area contributed by atoms with Crippen LogP contribution in [-0.2, 0) is 26.2 Å². The number of benzene rings is 1. The van der Waals surface area contributed by atoms with Crippen molar-refractivity contribution < 1.29 is 32.3 Å². The van der Waals surface area contributed by atoms with Gasteiger partial charge in [-0.2, -0.15) is 0 Å². The lowest BCUT2D eigenvalue weighted by atomic mass is 10.2. The van der Waals surface area contributed by atoms with Gasteiger partial charge < -0.3 is 5.11 Å². The van der Waals surface area contributed by atoms with Crippen molar-refractivity contribution in [3.63, 3.8) is 0 Å². The van der Waals surface area contributed by atoms with E-state index in [0.29, 0.717) is 0 Å². The minimum Gasteiger partial charge on any atom is -0.479 e. The molecule has 11 heteroatoms. The molecule has 2 aromatic rings. The molecule has 0 radical (unpaired) electrons. The number of rotatable bonds is 6. The summed E-state index contributed by atoms with van der Waals surface area (Å²) >= 11 is 0. The van der Waals surface area contributed by atoms with Crippen molar-refractivity contribution in [2.45, 2.75) is 31.3 Å². The van der Waals surface area contributed by atoms with E-state index in [1.807, 2.05) is 0 Å². The van der Waals surface area contributed by atoms with Gasteiger partial charge in [-0.1, -0.05) is 22.4 Å². The number of hydrogen-bond acceptors (Lipinski definition) is 6. The third kappa shape index (κ3) is 3.94. The molecular formula is C14H16N3O7S+. The average Bonchev–Trinajstić information content (AvgIpc) is 2.91. The van der Waals surface area contributed by atoms with Crippen LogP contribution >= 0.6 is 0 Å². The smallest absolute Gasteiger partial charge is 0.426 e. The van der Waals surface area contributed by atoms with Crippen molar-refractivity contribution in [3.8, 4) is 0 Å². The molecule has 0 spiro atoms. The summed E-state index contributed by atoms with van der Waals surface area (Å²) in [6.45, 7) is 2.18. The molecule has 0 aliphatic rings. The Morgan fingerprint density at radius 1 is 1.32 bits per heavy atom. The number of carboxylic acid groups (broad SMARTS) is 1. The molecule has 2 N–H and O–H groups in total. The lowest BCUT2D eigenvalue weighted by molar-refractivity contribution is -0.763. The van der Waals surface area contributed by atoms with E-state index in [4.69, 9.17) is 0 Å². The topological polar surface area (TPSA) is 142 Å². The highest BCUT2D eigenvalue weighted by Gasteiger charge is 2.41. The fourth-order valence-electron chi connectivity index (χ4n) is 2.19. The number of aliphatic carboxylic acids is 1. The van der Waals surface area contributed by atoms with Crippen molar-refractivity contribution in [2.75, 3.05) is 0 Å². The van der Waals surface area contributed by atoms with E-state index < -0.39 is 40.1 Å². The van der Waals surface area contributed by atoms with Crippen LogP contribution in [0.4, 0.5) is 0 Å². The molecule has 0 bridgehead atoms. The molecule has 0 aliphatic carbocycles. The van der Waals surface area contributed by atoms with Crippen LogP contribution in [0.25, 0.3) is 0 Å². The molecule has 1 atom stereocenters. The maximum Gasteiger partial charge on any atom is 0.426 e. The van der Waals surface area contributed by atoms with Crippen molar-refractivity contribution in [1.82, 2.24) is 9.58 Å². The molecular weight excluding hydrogens is 354 g/mol. The minimum absolute atomic E-state index is 0.217. The summed E-state index contributed by atoms with van der Waals surface area (Å²) < 4.78 is 31.2. The number of hydrogen-bond donors (Lipinski definition) is 2. The zero-order valence-corrected chi connectivity index (χ0v) is 14.2. The Morgan fingerprint density at radius 3 is 2.36 bits per heavy atom. The Balaban J connectivity index is 2.48. The molecule has 0 fully saturated rings. The Kier molecular flexibility index (Phi) is 5.07. The number of carbonyl (C=O) groups excluding carboxylic acids is 1. The summed E-state index contributed by atoms with van der Waals surface area (Å²) in [5, 5.41) is 11.5. The number of aromatic nitrogens is 2. The van der Waals surface area contributed by atoms with Crippen molar-refractivity contribution >= 4 is 21.9 Å². The fraction of sp³-hybridized carbons (Fsp3) is 0.286. The SMILES string of the molecule is CC(=O)N([C@@H](C[n+]1cc(=O)o[nH]1)C(=O)O)S(=O)(=O)c1ccc(C)cc1. The Labute approximate surface area is 142 Å². The quantitative estimate of drug-likeness (QED) is 0.637. The molecule has 0 unspecified atom stereocenters. The average molecular weight is 370 g/mol. The molecule has 1 amide bonds. The molecule has 2 rings (SSSR count). The van der Waals surface area contributed by atoms with Gasteiger partial charge in [0.25, 0.3) is 16.2 Å². The van der Waals surface area contributed by atoms with Gasteiger partial charge in [-0.15, -0.1) is 0 Å². The molecule has 0 aliphatic heterocycles. The Morgan fingerprint density at radius 2 is 1.92 bits per heavy atom. The maximum atomic E-state index is 12.8. The van der Waals surface area contributed by atoms with Crippen molar-refractivity contribution in [2.24, 2.45) is 0 Å². The second-order valence-electron chi connectivity index (χ2n) is 5.28. The molecule has 1 aromatic carbocycles. The number of H-pyrrole nitrogens is 1. The number of aryl methyl sites for hydroxylation is 1. The number of nitrogens with one attached hydrogen (secondary N) is 1. The van der Waals surface area contributed by atoms with E-state index in [2.05, 4.69) is 9.79 Å². The molecule has 0 saturated heterocycles. The molecule has 25 heavy (non-hydrogen) atoms. The van der Waals surface area contributed by atoms with Crippen molar-refractivity contribution in [3.05, 3.63) is 46.4 Å². The third-order valence-electron chi connectivity index (χ3n) is 3.35. The summed E-state index contributed by atoms with van der Waals surface area (Å²) in [6.07, 6.45) is 0.909. The van der Waals surface area contributed by atoms with Crippen molar-refractivity contribution in [1.29, 1.82) is 0 Å². The molecule has 134 valence electrons. The highest BCUT2D eigenvalue weighted by Crippen LogP contribution is 2.19. The molecule has 1 aromatic heterocycles. The van der Waals surface area contributed by atoms with Gasteiger partial charge in [-0.25, -0.2) is 22.3 Å². The molecule has 0 saturated carbocycles. The normalized spacial score (nSPS) is 12.6. The van der Waals surface area contributed by atoms with Gasteiger partial charge in [0.05, 0.1) is 4.90 Å². The highest BCUT2D eigenvalue weighted by atomic mass is 32.2. The van der Waals surface area contributed by atoms with Gasteiger partial charge in [0.2, 0.25) is 18.5 Å². The van der Waals surface area contributed by atoms with Crippen LogP contribution in [0, 0.1) is 6.92 Å². The van der Waals surface area contributed by atoms with Gasteiger partial charge in [-0.3, -0.25) is 9.32 Å². The van der Waals surface area contributed by atoms with Crippen LogP contribution in [-0.4, -0.2) is 41.0 Å². The summed E-state index contributed by atoms with van der Waals surface area (Å²) in [5.41, 5.74) is 0.0227. The first-order valence-corrected chi connectivity index (χ1v) is 8.49. The number of carboxylic acids is 1. The minimum atomic E-state index is -4.41. The van der Waals surface area contributed by atoms with E-state index in [1.54, 1.807) is 6.92 Å². The van der Waals surface area contributed by atoms with Gasteiger partial charge in [0.15, 0.2) is 0 Å². The first-order chi connectivity index (χ1) is 11.6. The number of aromatic amines is 1. The van der Waals surface area contributed by atoms with Crippen LogP contribution in [0.15, 0.2) is 44.7 Å². The maximum absolute atomic E-state index is 12.8. The lowest BCUT2D eigenvalue weighted by Gasteiger charge is -2.25. The number of carbonyl (C=O) groups is 2. The number of sulfonamides is 1. The van der Waals surface area contributed by atoms with Gasteiger partial charge in [0, 0.05) is 6.92 Å². The summed E-state index contributed by atoms with van der Waals surface area (Å²) in [6, 6.07) is 3.85. The van der Waals surface area contributed by atoms with Crippen LogP contribution in [0.2, 0.25) is 0 Å². The fourth-order valence-corrected chi connectivity index (χ4v) is 3.73. The highest BCUT2D eigenvalue weighted by molar-refractivity contribution is 7.89. The zero-order valence-electron chi connectivity index (χ0n) is 13.4. The second kappa shape index (κ2) is 6.89. The van der Waals surface area contributed by atoms with Crippen LogP contribution in [0.3, 0.4) is 0 Å². The monoisotopic (exact) mass is 370 g/mol.